The molecule has 1 unspecified atom stereocenters. The van der Waals surface area contributed by atoms with Gasteiger partial charge in [-0.05, 0) is 43.0 Å². The Hall–Kier alpha value is -2.43. The lowest BCUT2D eigenvalue weighted by molar-refractivity contribution is -0.117. The smallest absolute Gasteiger partial charge is 0.250 e. The first-order valence-corrected chi connectivity index (χ1v) is 11.0. The van der Waals surface area contributed by atoms with Crippen molar-refractivity contribution >= 4 is 44.5 Å². The van der Waals surface area contributed by atoms with Gasteiger partial charge in [0.1, 0.15) is 9.96 Å². The molecular weight excluding hydrogens is 402 g/mol. The first-order chi connectivity index (χ1) is 13.3. The summed E-state index contributed by atoms with van der Waals surface area (Å²) in [5, 5.41) is 4.33. The molecule has 1 fully saturated rings. The second kappa shape index (κ2) is 8.29. The van der Waals surface area contributed by atoms with Crippen molar-refractivity contribution in [1.82, 2.24) is 4.72 Å². The highest BCUT2D eigenvalue weighted by molar-refractivity contribution is 7.91. The quantitative estimate of drug-likeness (QED) is 0.710. The van der Waals surface area contributed by atoms with E-state index in [0.29, 0.717) is 30.1 Å². The summed E-state index contributed by atoms with van der Waals surface area (Å²) in [7, 11) is -2.24. The Kier molecular flexibility index (Phi) is 6.01. The number of sulfonamides is 1. The number of carbonyl (C=O) groups is 2. The SMILES string of the molecule is COc1ccc(NC(=O)C(C)NS(=O)(=O)c2cccs2)cc1N1CCCC1=O. The Morgan fingerprint density at radius 2 is 2.11 bits per heavy atom. The fourth-order valence-electron chi connectivity index (χ4n) is 2.89. The van der Waals surface area contributed by atoms with Gasteiger partial charge in [-0.15, -0.1) is 11.3 Å². The standard InChI is InChI=1S/C18H21N3O5S2/c1-12(20-28(24,25)17-6-4-10-27-17)18(23)19-13-7-8-15(26-2)14(11-13)21-9-3-5-16(21)22/h4,6-8,10-12,20H,3,5,9H2,1-2H3,(H,19,23). The predicted molar refractivity (Wildman–Crippen MR) is 107 cm³/mol. The van der Waals surface area contributed by atoms with E-state index in [1.54, 1.807) is 34.5 Å². The fraction of sp³-hybridized carbons (Fsp3) is 0.333. The summed E-state index contributed by atoms with van der Waals surface area (Å²) < 4.78 is 32.4. The van der Waals surface area contributed by atoms with E-state index in [-0.39, 0.29) is 10.1 Å². The third-order valence-corrected chi connectivity index (χ3v) is 7.23. The number of anilines is 2. The number of benzene rings is 1. The van der Waals surface area contributed by atoms with Gasteiger partial charge in [-0.2, -0.15) is 4.72 Å². The van der Waals surface area contributed by atoms with Crippen LogP contribution < -0.4 is 19.7 Å². The molecule has 28 heavy (non-hydrogen) atoms. The average Bonchev–Trinajstić information content (AvgIpc) is 3.33. The van der Waals surface area contributed by atoms with Gasteiger partial charge in [0, 0.05) is 18.7 Å². The highest BCUT2D eigenvalue weighted by Crippen LogP contribution is 2.34. The van der Waals surface area contributed by atoms with Crippen LogP contribution in [0.15, 0.2) is 39.9 Å². The van der Waals surface area contributed by atoms with E-state index in [0.717, 1.165) is 17.8 Å². The summed E-state index contributed by atoms with van der Waals surface area (Å²) in [4.78, 5) is 26.1. The Balaban J connectivity index is 1.74. The number of hydrogen-bond donors (Lipinski definition) is 2. The van der Waals surface area contributed by atoms with E-state index in [9.17, 15) is 18.0 Å². The molecule has 0 saturated carbocycles. The third-order valence-electron chi connectivity index (χ3n) is 4.30. The highest BCUT2D eigenvalue weighted by Gasteiger charge is 2.26. The van der Waals surface area contributed by atoms with Gasteiger partial charge in [-0.3, -0.25) is 9.59 Å². The molecule has 150 valence electrons. The summed E-state index contributed by atoms with van der Waals surface area (Å²) in [5.74, 6) is 0.0162. The summed E-state index contributed by atoms with van der Waals surface area (Å²) in [6, 6.07) is 7.08. The monoisotopic (exact) mass is 423 g/mol. The van der Waals surface area contributed by atoms with Crippen LogP contribution in [-0.2, 0) is 19.6 Å². The van der Waals surface area contributed by atoms with Crippen LogP contribution >= 0.6 is 11.3 Å². The minimum absolute atomic E-state index is 0.00106. The number of thiophene rings is 1. The molecule has 3 rings (SSSR count). The summed E-state index contributed by atoms with van der Waals surface area (Å²) in [5.41, 5.74) is 1.03. The molecule has 1 aromatic heterocycles. The van der Waals surface area contributed by atoms with Crippen LogP contribution in [0.2, 0.25) is 0 Å². The maximum atomic E-state index is 12.5. The number of ether oxygens (including phenoxy) is 1. The molecule has 2 N–H and O–H groups in total. The van der Waals surface area contributed by atoms with Gasteiger partial charge >= 0.3 is 0 Å². The van der Waals surface area contributed by atoms with Gasteiger partial charge in [-0.1, -0.05) is 6.07 Å². The molecule has 8 nitrogen and oxygen atoms in total. The number of amides is 2. The van der Waals surface area contributed by atoms with Crippen molar-refractivity contribution in [2.75, 3.05) is 23.9 Å². The molecule has 1 aliphatic rings. The van der Waals surface area contributed by atoms with Crippen LogP contribution in [0.25, 0.3) is 0 Å². The minimum Gasteiger partial charge on any atom is -0.495 e. The molecule has 1 aromatic carbocycles. The van der Waals surface area contributed by atoms with Crippen LogP contribution in [0, 0.1) is 0 Å². The number of rotatable bonds is 7. The van der Waals surface area contributed by atoms with E-state index >= 15 is 0 Å². The van der Waals surface area contributed by atoms with Crippen molar-refractivity contribution in [3.8, 4) is 5.75 Å². The third kappa shape index (κ3) is 4.34. The molecule has 1 saturated heterocycles. The average molecular weight is 424 g/mol. The van der Waals surface area contributed by atoms with Gasteiger partial charge in [0.2, 0.25) is 11.8 Å². The number of nitrogens with zero attached hydrogens (tertiary/aromatic N) is 1. The number of methoxy groups -OCH3 is 1. The van der Waals surface area contributed by atoms with Gasteiger partial charge in [0.15, 0.2) is 0 Å². The minimum atomic E-state index is -3.76. The van der Waals surface area contributed by atoms with Crippen molar-refractivity contribution in [2.45, 2.75) is 30.0 Å². The summed E-state index contributed by atoms with van der Waals surface area (Å²) in [6.45, 7) is 2.05. The highest BCUT2D eigenvalue weighted by atomic mass is 32.2. The molecule has 2 amide bonds. The van der Waals surface area contributed by atoms with Crippen LogP contribution in [0.1, 0.15) is 19.8 Å². The van der Waals surface area contributed by atoms with Crippen LogP contribution in [-0.4, -0.2) is 39.9 Å². The summed E-state index contributed by atoms with van der Waals surface area (Å²) >= 11 is 1.07. The first-order valence-electron chi connectivity index (χ1n) is 8.67. The fourth-order valence-corrected chi connectivity index (χ4v) is 5.11. The number of carbonyl (C=O) groups excluding carboxylic acids is 2. The van der Waals surface area contributed by atoms with E-state index in [1.165, 1.54) is 20.1 Å². The van der Waals surface area contributed by atoms with Crippen molar-refractivity contribution in [1.29, 1.82) is 0 Å². The van der Waals surface area contributed by atoms with Gasteiger partial charge < -0.3 is 15.0 Å². The lowest BCUT2D eigenvalue weighted by Crippen LogP contribution is -2.41. The van der Waals surface area contributed by atoms with E-state index in [2.05, 4.69) is 10.0 Å². The topological polar surface area (TPSA) is 105 Å². The van der Waals surface area contributed by atoms with Crippen molar-refractivity contribution in [2.24, 2.45) is 0 Å². The molecule has 10 heteroatoms. The van der Waals surface area contributed by atoms with E-state index < -0.39 is 22.0 Å². The Morgan fingerprint density at radius 1 is 1.32 bits per heavy atom. The zero-order valence-electron chi connectivity index (χ0n) is 15.5. The first kappa shape index (κ1) is 20.3. The number of hydrogen-bond acceptors (Lipinski definition) is 6. The van der Waals surface area contributed by atoms with Crippen LogP contribution in [0.4, 0.5) is 11.4 Å². The van der Waals surface area contributed by atoms with Crippen molar-refractivity contribution in [3.05, 3.63) is 35.7 Å². The summed E-state index contributed by atoms with van der Waals surface area (Å²) in [6.07, 6.45) is 1.24. The lowest BCUT2D eigenvalue weighted by Gasteiger charge is -2.20. The largest absolute Gasteiger partial charge is 0.495 e. The lowest BCUT2D eigenvalue weighted by atomic mass is 10.2. The normalized spacial score (nSPS) is 15.5. The maximum absolute atomic E-state index is 12.5. The van der Waals surface area contributed by atoms with Crippen molar-refractivity contribution in [3.63, 3.8) is 0 Å². The van der Waals surface area contributed by atoms with Gasteiger partial charge in [0.25, 0.3) is 10.0 Å². The van der Waals surface area contributed by atoms with E-state index in [4.69, 9.17) is 4.74 Å². The molecule has 1 aliphatic heterocycles. The predicted octanol–water partition coefficient (Wildman–Crippen LogP) is 2.19. The zero-order valence-corrected chi connectivity index (χ0v) is 17.1. The zero-order chi connectivity index (χ0) is 20.3. The Bertz CT molecular complexity index is 973. The second-order valence-corrected chi connectivity index (χ2v) is 9.19. The van der Waals surface area contributed by atoms with E-state index in [1.807, 2.05) is 0 Å². The van der Waals surface area contributed by atoms with Crippen LogP contribution in [0.5, 0.6) is 5.75 Å². The van der Waals surface area contributed by atoms with Gasteiger partial charge in [0.05, 0.1) is 18.8 Å². The molecular formula is C18H21N3O5S2. The molecule has 0 radical (unpaired) electrons. The molecule has 0 aliphatic carbocycles. The Morgan fingerprint density at radius 3 is 2.71 bits per heavy atom. The maximum Gasteiger partial charge on any atom is 0.250 e. The van der Waals surface area contributed by atoms with Gasteiger partial charge in [-0.25, -0.2) is 8.42 Å². The molecule has 2 aromatic rings. The molecule has 0 bridgehead atoms. The van der Waals surface area contributed by atoms with Crippen molar-refractivity contribution < 1.29 is 22.7 Å². The number of nitrogens with one attached hydrogen (secondary N) is 2. The molecule has 1 atom stereocenters. The van der Waals surface area contributed by atoms with Crippen LogP contribution in [0.3, 0.4) is 0 Å². The molecule has 2 heterocycles. The molecule has 0 spiro atoms. The second-order valence-electron chi connectivity index (χ2n) is 6.30. The Labute approximate surface area is 167 Å².